The number of carbonyl (C=O) groups excluding carboxylic acids is 2. The fourth-order valence-corrected chi connectivity index (χ4v) is 1.34. The molecule has 0 fully saturated rings. The molecule has 2 atom stereocenters. The topological polar surface area (TPSA) is 80.3 Å². The molecule has 0 saturated heterocycles. The van der Waals surface area contributed by atoms with Crippen LogP contribution in [0.3, 0.4) is 0 Å². The summed E-state index contributed by atoms with van der Waals surface area (Å²) in [6.45, 7) is 0. The van der Waals surface area contributed by atoms with E-state index in [1.54, 1.807) is 6.08 Å². The molecule has 0 aromatic rings. The van der Waals surface area contributed by atoms with Gasteiger partial charge in [-0.1, -0.05) is 12.2 Å². The molecule has 0 spiro atoms. The van der Waals surface area contributed by atoms with Gasteiger partial charge in [0.15, 0.2) is 0 Å². The summed E-state index contributed by atoms with van der Waals surface area (Å²) < 4.78 is 0. The third kappa shape index (κ3) is 4.47. The van der Waals surface area contributed by atoms with Gasteiger partial charge in [-0.3, -0.25) is 0 Å². The van der Waals surface area contributed by atoms with Crippen molar-refractivity contribution in [3.63, 3.8) is 0 Å². The molecule has 0 aromatic carbocycles. The number of allylic oxidation sites excluding steroid dienone is 1. The van der Waals surface area contributed by atoms with E-state index in [2.05, 4.69) is 0 Å². The summed E-state index contributed by atoms with van der Waals surface area (Å²) in [6, 6.07) is 0. The minimum Gasteiger partial charge on any atom is -0.550 e. The number of hydrogen-bond donors (Lipinski definition) is 0. The monoisotopic (exact) mass is 214 g/mol. The maximum Gasteiger partial charge on any atom is 1.00 e. The molecule has 66 valence electrons. The quantitative estimate of drug-likeness (QED) is 0.338. The smallest absolute Gasteiger partial charge is 0.550 e. The first kappa shape index (κ1) is 17.1. The maximum atomic E-state index is 10.4. The number of aliphatic carboxylic acids is 2. The zero-order valence-corrected chi connectivity index (χ0v) is 12.4. The number of hydrogen-bond acceptors (Lipinski definition) is 4. The Morgan fingerprint density at radius 2 is 1.71 bits per heavy atom. The summed E-state index contributed by atoms with van der Waals surface area (Å²) >= 11 is 0. The van der Waals surface area contributed by atoms with E-state index in [0.717, 1.165) is 0 Å². The Morgan fingerprint density at radius 1 is 1.14 bits per heavy atom. The molecule has 0 heterocycles. The van der Waals surface area contributed by atoms with Crippen molar-refractivity contribution in [2.24, 2.45) is 11.8 Å². The number of rotatable bonds is 2. The van der Waals surface area contributed by atoms with Crippen LogP contribution in [0.4, 0.5) is 0 Å². The molecule has 2 unspecified atom stereocenters. The second kappa shape index (κ2) is 7.91. The van der Waals surface area contributed by atoms with Crippen molar-refractivity contribution < 1.29 is 78.9 Å². The predicted octanol–water partition coefficient (Wildman–Crippen LogP) is -7.92. The van der Waals surface area contributed by atoms with Crippen molar-refractivity contribution in [1.82, 2.24) is 0 Å². The van der Waals surface area contributed by atoms with Crippen LogP contribution in [0.2, 0.25) is 0 Å². The van der Waals surface area contributed by atoms with Crippen molar-refractivity contribution >= 4 is 11.9 Å². The van der Waals surface area contributed by atoms with Crippen molar-refractivity contribution in [1.29, 1.82) is 0 Å². The van der Waals surface area contributed by atoms with Crippen LogP contribution in [0.25, 0.3) is 0 Å². The molecule has 0 radical (unpaired) electrons. The van der Waals surface area contributed by atoms with Crippen LogP contribution in [-0.2, 0) is 9.59 Å². The molecule has 4 nitrogen and oxygen atoms in total. The molecule has 0 bridgehead atoms. The van der Waals surface area contributed by atoms with Gasteiger partial charge in [-0.25, -0.2) is 0 Å². The van der Waals surface area contributed by atoms with E-state index in [1.807, 2.05) is 0 Å². The van der Waals surface area contributed by atoms with Gasteiger partial charge < -0.3 is 19.8 Å². The number of carbonyl (C=O) groups is 2. The van der Waals surface area contributed by atoms with Crippen LogP contribution in [0.1, 0.15) is 12.8 Å². The maximum absolute atomic E-state index is 10.4. The van der Waals surface area contributed by atoms with Gasteiger partial charge in [0, 0.05) is 23.8 Å². The first-order valence-corrected chi connectivity index (χ1v) is 3.71. The summed E-state index contributed by atoms with van der Waals surface area (Å²) in [6.07, 6.45) is 3.92. The molecular formula is C8H8Na2O4. The minimum atomic E-state index is -1.35. The van der Waals surface area contributed by atoms with Crippen LogP contribution >= 0.6 is 0 Å². The Labute approximate surface area is 126 Å². The first-order valence-electron chi connectivity index (χ1n) is 3.71. The zero-order valence-electron chi connectivity index (χ0n) is 8.36. The van der Waals surface area contributed by atoms with Crippen LogP contribution in [0, 0.1) is 11.8 Å². The van der Waals surface area contributed by atoms with Gasteiger partial charge in [0.2, 0.25) is 0 Å². The van der Waals surface area contributed by atoms with Crippen molar-refractivity contribution in [3.8, 4) is 0 Å². The van der Waals surface area contributed by atoms with E-state index < -0.39 is 23.8 Å². The standard InChI is InChI=1S/C8H10O4.2Na/c9-7(10)5-3-1-2-4-6(5)8(11)12;;/h1,3,5-6H,2,4H2,(H,9,10)(H,11,12);;/q;2*+1/p-2. The second-order valence-corrected chi connectivity index (χ2v) is 2.78. The normalized spacial score (nSPS) is 24.3. The molecule has 0 amide bonds. The minimum absolute atomic E-state index is 0. The zero-order chi connectivity index (χ0) is 9.14. The summed E-state index contributed by atoms with van der Waals surface area (Å²) in [4.78, 5) is 20.8. The largest absolute Gasteiger partial charge is 1.00 e. The average molecular weight is 214 g/mol. The second-order valence-electron chi connectivity index (χ2n) is 2.78. The molecule has 14 heavy (non-hydrogen) atoms. The Hall–Kier alpha value is 0.680. The van der Waals surface area contributed by atoms with Gasteiger partial charge in [0.05, 0.1) is 0 Å². The summed E-state index contributed by atoms with van der Waals surface area (Å²) in [5, 5.41) is 20.8. The van der Waals surface area contributed by atoms with E-state index >= 15 is 0 Å². The first-order chi connectivity index (χ1) is 5.63. The Kier molecular flexibility index (Phi) is 9.65. The van der Waals surface area contributed by atoms with Crippen LogP contribution < -0.4 is 69.3 Å². The molecule has 0 aromatic heterocycles. The predicted molar refractivity (Wildman–Crippen MR) is 35.4 cm³/mol. The summed E-state index contributed by atoms with van der Waals surface area (Å²) in [7, 11) is 0. The molecule has 0 saturated carbocycles. The fraction of sp³-hybridized carbons (Fsp3) is 0.500. The SMILES string of the molecule is O=C([O-])C1C=CCCC1C(=O)[O-].[Na+].[Na+]. The molecule has 6 heteroatoms. The third-order valence-corrected chi connectivity index (χ3v) is 2.00. The Bertz CT molecular complexity index is 239. The van der Waals surface area contributed by atoms with Gasteiger partial charge >= 0.3 is 59.1 Å². The fourth-order valence-electron chi connectivity index (χ4n) is 1.34. The van der Waals surface area contributed by atoms with E-state index in [0.29, 0.717) is 12.8 Å². The van der Waals surface area contributed by atoms with Crippen molar-refractivity contribution in [3.05, 3.63) is 12.2 Å². The Balaban J connectivity index is 0. The molecule has 1 aliphatic carbocycles. The van der Waals surface area contributed by atoms with Gasteiger partial charge in [-0.2, -0.15) is 0 Å². The van der Waals surface area contributed by atoms with Crippen LogP contribution in [-0.4, -0.2) is 11.9 Å². The summed E-state index contributed by atoms with van der Waals surface area (Å²) in [5.74, 6) is -4.61. The molecular weight excluding hydrogens is 206 g/mol. The van der Waals surface area contributed by atoms with Gasteiger partial charge in [-0.15, -0.1) is 0 Å². The van der Waals surface area contributed by atoms with Gasteiger partial charge in [-0.05, 0) is 12.8 Å². The number of carboxylic acids is 2. The van der Waals surface area contributed by atoms with Crippen molar-refractivity contribution in [2.75, 3.05) is 0 Å². The Morgan fingerprint density at radius 3 is 2.07 bits per heavy atom. The summed E-state index contributed by atoms with van der Waals surface area (Å²) in [5.41, 5.74) is 0. The molecule has 1 rings (SSSR count). The molecule has 0 aliphatic heterocycles. The van der Waals surface area contributed by atoms with Crippen molar-refractivity contribution in [2.45, 2.75) is 12.8 Å². The van der Waals surface area contributed by atoms with Gasteiger partial charge in [0.1, 0.15) is 0 Å². The van der Waals surface area contributed by atoms with E-state index in [4.69, 9.17) is 0 Å². The van der Waals surface area contributed by atoms with E-state index in [9.17, 15) is 19.8 Å². The van der Waals surface area contributed by atoms with Gasteiger partial charge in [0.25, 0.3) is 0 Å². The number of carboxylic acid groups (broad SMARTS) is 2. The molecule has 0 N–H and O–H groups in total. The van der Waals surface area contributed by atoms with E-state index in [-0.39, 0.29) is 59.1 Å². The van der Waals surface area contributed by atoms with Crippen LogP contribution in [0.5, 0.6) is 0 Å². The van der Waals surface area contributed by atoms with Crippen LogP contribution in [0.15, 0.2) is 12.2 Å². The molecule has 1 aliphatic rings. The average Bonchev–Trinajstić information content (AvgIpc) is 2.04. The van der Waals surface area contributed by atoms with E-state index in [1.165, 1.54) is 6.08 Å². The third-order valence-electron chi connectivity index (χ3n) is 2.00.